The van der Waals surface area contributed by atoms with Crippen molar-refractivity contribution in [2.24, 2.45) is 0 Å². The van der Waals surface area contributed by atoms with Gasteiger partial charge >= 0.3 is 0 Å². The largest absolute Gasteiger partial charge is 0.545 e. The van der Waals surface area contributed by atoms with Crippen LogP contribution in [0, 0.1) is 0 Å². The summed E-state index contributed by atoms with van der Waals surface area (Å²) >= 11 is 0. The number of aromatic nitrogens is 1. The Kier molecular flexibility index (Phi) is 3.65. The van der Waals surface area contributed by atoms with Crippen molar-refractivity contribution in [1.29, 1.82) is 0 Å². The molecule has 0 aliphatic rings. The molecule has 0 unspecified atom stereocenters. The van der Waals surface area contributed by atoms with Gasteiger partial charge in [-0.15, -0.1) is 0 Å². The molecule has 1 heterocycles. The Bertz CT molecular complexity index is 732. The summed E-state index contributed by atoms with van der Waals surface area (Å²) in [5.74, 6) is -0.615. The fraction of sp³-hybridized carbons (Fsp3) is 0.286. The summed E-state index contributed by atoms with van der Waals surface area (Å²) in [4.78, 5) is 23.5. The van der Waals surface area contributed by atoms with Gasteiger partial charge in [-0.2, -0.15) is 0 Å². The molecule has 0 amide bonds. The first kappa shape index (κ1) is 13.9. The van der Waals surface area contributed by atoms with Crippen LogP contribution in [0.15, 0.2) is 23.1 Å². The molecule has 1 aromatic carbocycles. The number of carboxylic acids is 1. The maximum atomic E-state index is 12.3. The van der Waals surface area contributed by atoms with Crippen LogP contribution >= 0.6 is 0 Å². The molecule has 0 aliphatic heterocycles. The quantitative estimate of drug-likeness (QED) is 0.807. The lowest BCUT2D eigenvalue weighted by Gasteiger charge is -2.14. The molecule has 2 rings (SSSR count). The smallest absolute Gasteiger partial charge is 0.258 e. The Morgan fingerprint density at radius 2 is 1.75 bits per heavy atom. The van der Waals surface area contributed by atoms with Crippen LogP contribution in [0.1, 0.15) is 17.3 Å². The average Bonchev–Trinajstić information content (AvgIpc) is 2.46. The summed E-state index contributed by atoms with van der Waals surface area (Å²) in [6.07, 6.45) is 1.28. The summed E-state index contributed by atoms with van der Waals surface area (Å²) in [5, 5.41) is 11.8. The van der Waals surface area contributed by atoms with Crippen molar-refractivity contribution >= 4 is 16.7 Å². The Hall–Kier alpha value is -2.50. The van der Waals surface area contributed by atoms with E-state index in [4.69, 9.17) is 9.47 Å². The molecule has 6 heteroatoms. The van der Waals surface area contributed by atoms with Crippen LogP contribution in [-0.2, 0) is 6.54 Å². The first-order valence-electron chi connectivity index (χ1n) is 6.04. The van der Waals surface area contributed by atoms with Crippen LogP contribution < -0.4 is 20.1 Å². The Morgan fingerprint density at radius 1 is 1.20 bits per heavy atom. The summed E-state index contributed by atoms with van der Waals surface area (Å²) in [6.45, 7) is 2.12. The lowest BCUT2D eigenvalue weighted by atomic mass is 10.1. The van der Waals surface area contributed by atoms with Gasteiger partial charge in [-0.05, 0) is 19.1 Å². The van der Waals surface area contributed by atoms with Crippen molar-refractivity contribution in [3.8, 4) is 11.5 Å². The van der Waals surface area contributed by atoms with Crippen LogP contribution in [0.3, 0.4) is 0 Å². The monoisotopic (exact) mass is 276 g/mol. The van der Waals surface area contributed by atoms with Crippen molar-refractivity contribution in [3.63, 3.8) is 0 Å². The van der Waals surface area contributed by atoms with Gasteiger partial charge < -0.3 is 23.9 Å². The van der Waals surface area contributed by atoms with Gasteiger partial charge in [0.2, 0.25) is 0 Å². The second-order valence-electron chi connectivity index (χ2n) is 4.17. The predicted molar refractivity (Wildman–Crippen MR) is 71.3 cm³/mol. The average molecular weight is 276 g/mol. The fourth-order valence-electron chi connectivity index (χ4n) is 2.12. The maximum Gasteiger partial charge on any atom is 0.258 e. The minimum absolute atomic E-state index is 0.0533. The number of hydrogen-bond donors (Lipinski definition) is 0. The number of rotatable bonds is 4. The topological polar surface area (TPSA) is 80.6 Å². The highest BCUT2D eigenvalue weighted by Crippen LogP contribution is 2.32. The van der Waals surface area contributed by atoms with Crippen LogP contribution in [0.2, 0.25) is 0 Å². The van der Waals surface area contributed by atoms with E-state index < -0.39 is 5.97 Å². The number of carbonyl (C=O) groups excluding carboxylic acids is 1. The zero-order valence-corrected chi connectivity index (χ0v) is 11.4. The molecule has 6 nitrogen and oxygen atoms in total. The Labute approximate surface area is 115 Å². The number of fused-ring (bicyclic) bond motifs is 1. The molecule has 0 fully saturated rings. The molecule has 0 atom stereocenters. The number of nitrogens with zero attached hydrogens (tertiary/aromatic N) is 1. The van der Waals surface area contributed by atoms with Crippen LogP contribution in [0.5, 0.6) is 11.5 Å². The van der Waals surface area contributed by atoms with E-state index in [2.05, 4.69) is 0 Å². The molecule has 2 aromatic rings. The van der Waals surface area contributed by atoms with E-state index >= 15 is 0 Å². The van der Waals surface area contributed by atoms with Crippen molar-refractivity contribution in [2.75, 3.05) is 14.2 Å². The van der Waals surface area contributed by atoms with E-state index in [1.807, 2.05) is 0 Å². The molecule has 0 saturated carbocycles. The number of ether oxygens (including phenoxy) is 2. The SMILES string of the molecule is CCn1cc(C(=O)[O-])c2cc(OC)c(OC)cc2c1=O. The number of aromatic carboxylic acids is 1. The summed E-state index contributed by atoms with van der Waals surface area (Å²) < 4.78 is 11.6. The third-order valence-corrected chi connectivity index (χ3v) is 3.15. The maximum absolute atomic E-state index is 12.3. The molecular formula is C14H14NO5-. The third-order valence-electron chi connectivity index (χ3n) is 3.15. The number of methoxy groups -OCH3 is 2. The minimum Gasteiger partial charge on any atom is -0.545 e. The molecule has 106 valence electrons. The normalized spacial score (nSPS) is 10.6. The summed E-state index contributed by atoms with van der Waals surface area (Å²) in [5.41, 5.74) is -0.337. The Morgan fingerprint density at radius 3 is 2.20 bits per heavy atom. The Balaban J connectivity index is 2.96. The zero-order chi connectivity index (χ0) is 14.9. The number of pyridine rings is 1. The molecule has 1 aromatic heterocycles. The number of hydrogen-bond acceptors (Lipinski definition) is 5. The van der Waals surface area contributed by atoms with Gasteiger partial charge in [-0.1, -0.05) is 0 Å². The van der Waals surface area contributed by atoms with Crippen molar-refractivity contribution < 1.29 is 19.4 Å². The molecule has 20 heavy (non-hydrogen) atoms. The van der Waals surface area contributed by atoms with Crippen molar-refractivity contribution in [1.82, 2.24) is 4.57 Å². The summed E-state index contributed by atoms with van der Waals surface area (Å²) in [7, 11) is 2.89. The third kappa shape index (κ3) is 2.09. The van der Waals surface area contributed by atoms with Gasteiger partial charge in [-0.3, -0.25) is 4.79 Å². The standard InChI is InChI=1S/C14H15NO5/c1-4-15-7-10(14(17)18)8-5-11(19-2)12(20-3)6-9(8)13(15)16/h5-7H,4H2,1-3H3,(H,17,18)/p-1. The molecule has 0 N–H and O–H groups in total. The molecule has 0 saturated heterocycles. The number of carbonyl (C=O) groups is 1. The molecule has 0 bridgehead atoms. The highest BCUT2D eigenvalue weighted by Gasteiger charge is 2.14. The summed E-state index contributed by atoms with van der Waals surface area (Å²) in [6, 6.07) is 2.95. The van der Waals surface area contributed by atoms with Gasteiger partial charge in [0, 0.05) is 23.7 Å². The van der Waals surface area contributed by atoms with E-state index in [1.165, 1.54) is 37.1 Å². The molecule has 0 spiro atoms. The van der Waals surface area contributed by atoms with E-state index in [0.29, 0.717) is 18.0 Å². The lowest BCUT2D eigenvalue weighted by Crippen LogP contribution is -2.27. The van der Waals surface area contributed by atoms with Gasteiger partial charge in [-0.25, -0.2) is 0 Å². The van der Waals surface area contributed by atoms with Crippen molar-refractivity contribution in [3.05, 3.63) is 34.2 Å². The highest BCUT2D eigenvalue weighted by atomic mass is 16.5. The minimum atomic E-state index is -1.34. The lowest BCUT2D eigenvalue weighted by molar-refractivity contribution is -0.254. The first-order chi connectivity index (χ1) is 9.53. The molecular weight excluding hydrogens is 262 g/mol. The second kappa shape index (κ2) is 5.24. The van der Waals surface area contributed by atoms with E-state index in [1.54, 1.807) is 6.92 Å². The van der Waals surface area contributed by atoms with Gasteiger partial charge in [0.05, 0.1) is 25.6 Å². The highest BCUT2D eigenvalue weighted by molar-refractivity contribution is 6.03. The fourth-order valence-corrected chi connectivity index (χ4v) is 2.12. The van der Waals surface area contributed by atoms with Crippen LogP contribution in [0.4, 0.5) is 0 Å². The number of aryl methyl sites for hydroxylation is 1. The zero-order valence-electron chi connectivity index (χ0n) is 11.4. The van der Waals surface area contributed by atoms with Gasteiger partial charge in [0.1, 0.15) is 0 Å². The molecule has 0 aliphatic carbocycles. The van der Waals surface area contributed by atoms with Crippen molar-refractivity contribution in [2.45, 2.75) is 13.5 Å². The molecule has 0 radical (unpaired) electrons. The number of benzene rings is 1. The van der Waals surface area contributed by atoms with Crippen LogP contribution in [0.25, 0.3) is 10.8 Å². The van der Waals surface area contributed by atoms with E-state index in [0.717, 1.165) is 0 Å². The van der Waals surface area contributed by atoms with E-state index in [-0.39, 0.29) is 21.9 Å². The van der Waals surface area contributed by atoms with Gasteiger partial charge in [0.25, 0.3) is 5.56 Å². The second-order valence-corrected chi connectivity index (χ2v) is 4.17. The van der Waals surface area contributed by atoms with E-state index in [9.17, 15) is 14.7 Å². The number of carboxylic acid groups (broad SMARTS) is 1. The van der Waals surface area contributed by atoms with Crippen LogP contribution in [-0.4, -0.2) is 24.8 Å². The first-order valence-corrected chi connectivity index (χ1v) is 6.04. The van der Waals surface area contributed by atoms with Gasteiger partial charge in [0.15, 0.2) is 11.5 Å². The predicted octanol–water partition coefficient (Wildman–Crippen LogP) is 0.402.